The summed E-state index contributed by atoms with van der Waals surface area (Å²) in [5.41, 5.74) is 2.64. The predicted molar refractivity (Wildman–Crippen MR) is 114 cm³/mol. The molecule has 0 fully saturated rings. The Morgan fingerprint density at radius 3 is 2.41 bits per heavy atom. The highest BCUT2D eigenvalue weighted by molar-refractivity contribution is 7.99. The van der Waals surface area contributed by atoms with E-state index in [0.29, 0.717) is 17.2 Å². The van der Waals surface area contributed by atoms with E-state index in [1.54, 1.807) is 45.7 Å². The number of amides is 1. The first-order chi connectivity index (χ1) is 14.0. The number of ether oxygens (including phenoxy) is 3. The second kappa shape index (κ2) is 9.38. The van der Waals surface area contributed by atoms with Gasteiger partial charge in [-0.1, -0.05) is 11.8 Å². The quantitative estimate of drug-likeness (QED) is 0.566. The molecule has 0 unspecified atom stereocenters. The van der Waals surface area contributed by atoms with Gasteiger partial charge in [0.15, 0.2) is 16.7 Å². The van der Waals surface area contributed by atoms with Crippen molar-refractivity contribution in [2.24, 2.45) is 7.05 Å². The van der Waals surface area contributed by atoms with E-state index >= 15 is 0 Å². The van der Waals surface area contributed by atoms with E-state index in [2.05, 4.69) is 10.3 Å². The van der Waals surface area contributed by atoms with Crippen LogP contribution in [0, 0.1) is 0 Å². The van der Waals surface area contributed by atoms with Crippen molar-refractivity contribution in [2.75, 3.05) is 32.4 Å². The topological polar surface area (TPSA) is 74.6 Å². The number of rotatable bonds is 8. The van der Waals surface area contributed by atoms with Crippen LogP contribution in [0.25, 0.3) is 11.3 Å². The summed E-state index contributed by atoms with van der Waals surface area (Å²) in [5, 5.41) is 3.62. The lowest BCUT2D eigenvalue weighted by Crippen LogP contribution is -2.14. The number of hydrogen-bond donors (Lipinski definition) is 1. The molecule has 152 valence electrons. The first kappa shape index (κ1) is 20.6. The van der Waals surface area contributed by atoms with Gasteiger partial charge in [-0.3, -0.25) is 4.79 Å². The van der Waals surface area contributed by atoms with E-state index in [4.69, 9.17) is 14.2 Å². The van der Waals surface area contributed by atoms with Crippen molar-refractivity contribution in [1.82, 2.24) is 9.55 Å². The Bertz CT molecular complexity index is 986. The average Bonchev–Trinajstić information content (AvgIpc) is 3.12. The van der Waals surface area contributed by atoms with Crippen LogP contribution in [-0.2, 0) is 11.8 Å². The number of carbonyl (C=O) groups is 1. The Hall–Kier alpha value is -3.13. The summed E-state index contributed by atoms with van der Waals surface area (Å²) in [6, 6.07) is 13.0. The Kier molecular flexibility index (Phi) is 6.66. The molecule has 8 heteroatoms. The molecule has 0 spiro atoms. The number of hydrogen-bond acceptors (Lipinski definition) is 6. The zero-order valence-electron chi connectivity index (χ0n) is 16.8. The molecule has 0 atom stereocenters. The third-order valence-electron chi connectivity index (χ3n) is 4.33. The van der Waals surface area contributed by atoms with Gasteiger partial charge in [0.1, 0.15) is 5.75 Å². The number of anilines is 1. The van der Waals surface area contributed by atoms with E-state index in [1.807, 2.05) is 35.9 Å². The molecule has 1 N–H and O–H groups in total. The van der Waals surface area contributed by atoms with Crippen LogP contribution in [0.3, 0.4) is 0 Å². The van der Waals surface area contributed by atoms with Crippen molar-refractivity contribution >= 4 is 23.4 Å². The summed E-state index contributed by atoms with van der Waals surface area (Å²) in [4.78, 5) is 16.8. The summed E-state index contributed by atoms with van der Waals surface area (Å²) in [7, 11) is 6.70. The maximum atomic E-state index is 12.3. The molecule has 3 rings (SSSR count). The first-order valence-corrected chi connectivity index (χ1v) is 9.85. The molecule has 0 aliphatic heterocycles. The zero-order chi connectivity index (χ0) is 20.8. The molecule has 1 aromatic heterocycles. The Labute approximate surface area is 174 Å². The van der Waals surface area contributed by atoms with Crippen molar-refractivity contribution in [3.8, 4) is 28.5 Å². The van der Waals surface area contributed by atoms with Crippen molar-refractivity contribution in [3.63, 3.8) is 0 Å². The fourth-order valence-electron chi connectivity index (χ4n) is 2.80. The van der Waals surface area contributed by atoms with Gasteiger partial charge in [0.25, 0.3) is 0 Å². The molecule has 0 radical (unpaired) electrons. The zero-order valence-corrected chi connectivity index (χ0v) is 17.6. The highest BCUT2D eigenvalue weighted by Gasteiger charge is 2.12. The van der Waals surface area contributed by atoms with E-state index < -0.39 is 0 Å². The highest BCUT2D eigenvalue weighted by Crippen LogP contribution is 2.30. The largest absolute Gasteiger partial charge is 0.497 e. The monoisotopic (exact) mass is 413 g/mol. The van der Waals surface area contributed by atoms with Gasteiger partial charge in [-0.05, 0) is 36.4 Å². The molecule has 7 nitrogen and oxygen atoms in total. The van der Waals surface area contributed by atoms with Gasteiger partial charge in [0.2, 0.25) is 5.91 Å². The van der Waals surface area contributed by atoms with Crippen molar-refractivity contribution in [3.05, 3.63) is 48.7 Å². The number of benzene rings is 2. The molecule has 0 saturated carbocycles. The van der Waals surface area contributed by atoms with E-state index in [0.717, 1.165) is 22.2 Å². The van der Waals surface area contributed by atoms with Crippen LogP contribution in [0.4, 0.5) is 5.69 Å². The normalized spacial score (nSPS) is 10.5. The Balaban J connectivity index is 1.62. The Morgan fingerprint density at radius 2 is 1.76 bits per heavy atom. The maximum Gasteiger partial charge on any atom is 0.234 e. The number of imidazole rings is 1. The minimum Gasteiger partial charge on any atom is -0.497 e. The fraction of sp³-hybridized carbons (Fsp3) is 0.238. The van der Waals surface area contributed by atoms with Crippen LogP contribution < -0.4 is 19.5 Å². The molecule has 0 saturated heterocycles. The minimum atomic E-state index is -0.129. The van der Waals surface area contributed by atoms with Gasteiger partial charge in [-0.15, -0.1) is 0 Å². The summed E-state index contributed by atoms with van der Waals surface area (Å²) >= 11 is 1.37. The van der Waals surface area contributed by atoms with Crippen LogP contribution in [0.5, 0.6) is 17.2 Å². The van der Waals surface area contributed by atoms with Gasteiger partial charge in [0, 0.05) is 24.4 Å². The van der Waals surface area contributed by atoms with Gasteiger partial charge in [0.05, 0.1) is 39.0 Å². The van der Waals surface area contributed by atoms with Crippen LogP contribution in [0.2, 0.25) is 0 Å². The summed E-state index contributed by atoms with van der Waals surface area (Å²) in [6.45, 7) is 0. The third kappa shape index (κ3) is 4.83. The number of thioether (sulfide) groups is 1. The smallest absolute Gasteiger partial charge is 0.234 e. The lowest BCUT2D eigenvalue weighted by molar-refractivity contribution is -0.113. The van der Waals surface area contributed by atoms with Crippen LogP contribution in [0.15, 0.2) is 53.8 Å². The molecule has 2 aromatic carbocycles. The summed E-state index contributed by atoms with van der Waals surface area (Å²) in [5.74, 6) is 2.08. The predicted octanol–water partition coefficient (Wildman–Crippen LogP) is 3.84. The molecule has 0 bridgehead atoms. The van der Waals surface area contributed by atoms with Crippen LogP contribution in [-0.4, -0.2) is 42.5 Å². The van der Waals surface area contributed by atoms with E-state index in [9.17, 15) is 4.79 Å². The average molecular weight is 413 g/mol. The van der Waals surface area contributed by atoms with Crippen molar-refractivity contribution < 1.29 is 19.0 Å². The summed E-state index contributed by atoms with van der Waals surface area (Å²) in [6.07, 6.45) is 1.80. The minimum absolute atomic E-state index is 0.129. The molecule has 1 heterocycles. The lowest BCUT2D eigenvalue weighted by Gasteiger charge is -2.10. The first-order valence-electron chi connectivity index (χ1n) is 8.86. The third-order valence-corrected chi connectivity index (χ3v) is 5.37. The maximum absolute atomic E-state index is 12.3. The molecule has 1 amide bonds. The number of methoxy groups -OCH3 is 3. The molecular formula is C21H23N3O4S. The molecule has 0 aliphatic rings. The number of aromatic nitrogens is 2. The second-order valence-electron chi connectivity index (χ2n) is 6.12. The van der Waals surface area contributed by atoms with Crippen LogP contribution in [0.1, 0.15) is 0 Å². The SMILES string of the molecule is COc1ccc(-c2cnc(SCC(=O)Nc3ccc(OC)c(OC)c3)n2C)cc1. The second-order valence-corrected chi connectivity index (χ2v) is 7.06. The van der Waals surface area contributed by atoms with Gasteiger partial charge in [-0.25, -0.2) is 4.98 Å². The molecular weight excluding hydrogens is 390 g/mol. The Morgan fingerprint density at radius 1 is 1.03 bits per heavy atom. The summed E-state index contributed by atoms with van der Waals surface area (Å²) < 4.78 is 17.6. The van der Waals surface area contributed by atoms with Crippen molar-refractivity contribution in [2.45, 2.75) is 5.16 Å². The number of nitrogens with one attached hydrogen (secondary N) is 1. The molecule has 29 heavy (non-hydrogen) atoms. The van der Waals surface area contributed by atoms with Gasteiger partial charge >= 0.3 is 0 Å². The molecule has 3 aromatic rings. The van der Waals surface area contributed by atoms with Gasteiger partial charge in [-0.2, -0.15) is 0 Å². The lowest BCUT2D eigenvalue weighted by atomic mass is 10.1. The number of carbonyl (C=O) groups excluding carboxylic acids is 1. The van der Waals surface area contributed by atoms with E-state index in [1.165, 1.54) is 11.8 Å². The number of nitrogens with zero attached hydrogens (tertiary/aromatic N) is 2. The standard InChI is InChI=1S/C21H23N3O4S/c1-24-17(14-5-8-16(26-2)9-6-14)12-22-21(24)29-13-20(25)23-15-7-10-18(27-3)19(11-15)28-4/h5-12H,13H2,1-4H3,(H,23,25). The highest BCUT2D eigenvalue weighted by atomic mass is 32.2. The fourth-order valence-corrected chi connectivity index (χ4v) is 3.55. The molecule has 0 aliphatic carbocycles. The van der Waals surface area contributed by atoms with E-state index in [-0.39, 0.29) is 11.7 Å². The van der Waals surface area contributed by atoms with Gasteiger partial charge < -0.3 is 24.1 Å². The van der Waals surface area contributed by atoms with Crippen molar-refractivity contribution in [1.29, 1.82) is 0 Å². The van der Waals surface area contributed by atoms with Crippen LogP contribution >= 0.6 is 11.8 Å².